The van der Waals surface area contributed by atoms with Crippen molar-refractivity contribution in [1.29, 1.82) is 0 Å². The van der Waals surface area contributed by atoms with E-state index in [0.29, 0.717) is 17.3 Å². The Balaban J connectivity index is 1.74. The summed E-state index contributed by atoms with van der Waals surface area (Å²) in [7, 11) is -3.92. The van der Waals surface area contributed by atoms with E-state index in [1.165, 1.54) is 12.1 Å². The van der Waals surface area contributed by atoms with Crippen LogP contribution in [-0.2, 0) is 14.8 Å². The van der Waals surface area contributed by atoms with Crippen molar-refractivity contribution < 1.29 is 13.2 Å². The second-order valence-electron chi connectivity index (χ2n) is 6.97. The normalized spacial score (nSPS) is 16.4. The van der Waals surface area contributed by atoms with Crippen LogP contribution in [0.3, 0.4) is 0 Å². The highest BCUT2D eigenvalue weighted by Gasteiger charge is 2.37. The third-order valence-electron chi connectivity index (χ3n) is 5.04. The first-order valence-electron chi connectivity index (χ1n) is 9.18. The molecule has 0 aliphatic carbocycles. The number of hydrogen-bond acceptors (Lipinski definition) is 5. The quantitative estimate of drug-likeness (QED) is 0.471. The van der Waals surface area contributed by atoms with Crippen LogP contribution in [0, 0.1) is 0 Å². The number of amides is 1. The maximum atomic E-state index is 13.1. The number of aromatic amines is 1. The number of anilines is 3. The molecule has 0 fully saturated rings. The van der Waals surface area contributed by atoms with E-state index < -0.39 is 16.1 Å². The molecule has 1 unspecified atom stereocenters. The fourth-order valence-electron chi connectivity index (χ4n) is 3.69. The number of fused-ring (bicyclic) bond motifs is 2. The van der Waals surface area contributed by atoms with Gasteiger partial charge in [-0.1, -0.05) is 42.5 Å². The maximum Gasteiger partial charge on any atom is 0.252 e. The number of nitrogens with one attached hydrogen (secondary N) is 2. The summed E-state index contributed by atoms with van der Waals surface area (Å²) in [5.74, 6) is 0.172. The Kier molecular flexibility index (Phi) is 4.09. The monoisotopic (exact) mass is 419 g/mol. The van der Waals surface area contributed by atoms with E-state index in [-0.39, 0.29) is 10.8 Å². The van der Waals surface area contributed by atoms with Gasteiger partial charge in [-0.25, -0.2) is 18.5 Å². The molecule has 3 aromatic carbocycles. The van der Waals surface area contributed by atoms with Gasteiger partial charge in [0, 0.05) is 0 Å². The van der Waals surface area contributed by atoms with E-state index in [9.17, 15) is 13.2 Å². The molecule has 8 nitrogen and oxygen atoms in total. The Labute approximate surface area is 172 Å². The summed E-state index contributed by atoms with van der Waals surface area (Å²) in [6.45, 7) is 0. The average molecular weight is 419 g/mol. The number of H-pyrrole nitrogens is 1. The van der Waals surface area contributed by atoms with Crippen LogP contribution in [0.5, 0.6) is 0 Å². The highest BCUT2D eigenvalue weighted by atomic mass is 32.2. The minimum Gasteiger partial charge on any atom is -0.324 e. The number of carbonyl (C=O) groups excluding carboxylic acids is 1. The Hall–Kier alpha value is -3.69. The number of carbonyl (C=O) groups is 1. The predicted molar refractivity (Wildman–Crippen MR) is 114 cm³/mol. The van der Waals surface area contributed by atoms with Crippen molar-refractivity contribution in [2.75, 3.05) is 10.2 Å². The molecule has 30 heavy (non-hydrogen) atoms. The molecule has 4 N–H and O–H groups in total. The number of nitrogens with two attached hydrogens (primary N) is 1. The minimum atomic E-state index is -3.92. The van der Waals surface area contributed by atoms with Crippen LogP contribution in [0.15, 0.2) is 77.7 Å². The number of benzene rings is 3. The fourth-order valence-corrected chi connectivity index (χ4v) is 4.23. The summed E-state index contributed by atoms with van der Waals surface area (Å²) in [5.41, 5.74) is 3.31. The predicted octanol–water partition coefficient (Wildman–Crippen LogP) is 3.04. The first-order chi connectivity index (χ1) is 14.4. The Morgan fingerprint density at radius 3 is 2.43 bits per heavy atom. The van der Waals surface area contributed by atoms with E-state index in [0.717, 1.165) is 16.6 Å². The molecule has 1 aliphatic rings. The van der Waals surface area contributed by atoms with Crippen molar-refractivity contribution in [2.24, 2.45) is 5.14 Å². The number of imidazole rings is 1. The smallest absolute Gasteiger partial charge is 0.252 e. The lowest BCUT2D eigenvalue weighted by Gasteiger charge is -2.36. The molecule has 1 aromatic heterocycles. The number of para-hydroxylation sites is 2. The van der Waals surface area contributed by atoms with Crippen molar-refractivity contribution >= 4 is 44.3 Å². The number of sulfonamides is 1. The van der Waals surface area contributed by atoms with Crippen molar-refractivity contribution in [3.05, 3.63) is 78.4 Å². The zero-order chi connectivity index (χ0) is 20.9. The second-order valence-corrected chi connectivity index (χ2v) is 8.54. The molecule has 0 radical (unpaired) electrons. The van der Waals surface area contributed by atoms with Gasteiger partial charge >= 0.3 is 0 Å². The third kappa shape index (κ3) is 3.00. The molecule has 9 heteroatoms. The van der Waals surface area contributed by atoms with Gasteiger partial charge in [0.25, 0.3) is 5.91 Å². The highest BCUT2D eigenvalue weighted by molar-refractivity contribution is 7.89. The lowest BCUT2D eigenvalue weighted by Crippen LogP contribution is -2.39. The molecule has 1 atom stereocenters. The van der Waals surface area contributed by atoms with Gasteiger partial charge < -0.3 is 10.3 Å². The first-order valence-corrected chi connectivity index (χ1v) is 10.7. The third-order valence-corrected chi connectivity index (χ3v) is 5.95. The molecule has 0 saturated carbocycles. The summed E-state index contributed by atoms with van der Waals surface area (Å²) in [5, 5.41) is 8.08. The van der Waals surface area contributed by atoms with Gasteiger partial charge in [-0.2, -0.15) is 0 Å². The molecule has 5 rings (SSSR count). The summed E-state index contributed by atoms with van der Waals surface area (Å²) >= 11 is 0. The van der Waals surface area contributed by atoms with Crippen LogP contribution in [-0.4, -0.2) is 24.3 Å². The molecule has 150 valence electrons. The van der Waals surface area contributed by atoms with Crippen LogP contribution in [0.1, 0.15) is 11.6 Å². The van der Waals surface area contributed by atoms with Crippen LogP contribution in [0.4, 0.5) is 17.3 Å². The summed E-state index contributed by atoms with van der Waals surface area (Å²) < 4.78 is 23.6. The summed E-state index contributed by atoms with van der Waals surface area (Å²) in [4.78, 5) is 22.8. The molecule has 0 spiro atoms. The number of hydrogen-bond donors (Lipinski definition) is 3. The second kappa shape index (κ2) is 6.68. The van der Waals surface area contributed by atoms with Gasteiger partial charge in [0.1, 0.15) is 6.04 Å². The molecule has 1 amide bonds. The molecule has 0 bridgehead atoms. The van der Waals surface area contributed by atoms with E-state index >= 15 is 0 Å². The fraction of sp³-hybridized carbons (Fsp3) is 0.0476. The minimum absolute atomic E-state index is 0.0794. The zero-order valence-electron chi connectivity index (χ0n) is 15.6. The highest BCUT2D eigenvalue weighted by Crippen LogP contribution is 2.43. The van der Waals surface area contributed by atoms with Gasteiger partial charge in [-0.15, -0.1) is 0 Å². The lowest BCUT2D eigenvalue weighted by molar-refractivity contribution is -0.117. The van der Waals surface area contributed by atoms with Crippen LogP contribution >= 0.6 is 0 Å². The number of nitrogens with zero attached hydrogens (tertiary/aromatic N) is 2. The van der Waals surface area contributed by atoms with E-state index in [1.807, 2.05) is 54.6 Å². The SMILES string of the molecule is NS(=O)(=O)c1ccc2c(c1)NC(=O)C(c1ccccc1)N2c1nc2ccccc2[nH]1. The average Bonchev–Trinajstić information content (AvgIpc) is 3.16. The molecule has 2 heterocycles. The van der Waals surface area contributed by atoms with Crippen LogP contribution < -0.4 is 15.4 Å². The lowest BCUT2D eigenvalue weighted by atomic mass is 10.0. The van der Waals surface area contributed by atoms with E-state index in [4.69, 9.17) is 5.14 Å². The number of primary sulfonamides is 1. The van der Waals surface area contributed by atoms with Gasteiger partial charge in [0.2, 0.25) is 16.0 Å². The Morgan fingerprint density at radius 1 is 0.967 bits per heavy atom. The van der Waals surface area contributed by atoms with Crippen molar-refractivity contribution in [3.8, 4) is 0 Å². The van der Waals surface area contributed by atoms with Crippen LogP contribution in [0.25, 0.3) is 11.0 Å². The van der Waals surface area contributed by atoms with Gasteiger partial charge in [0.15, 0.2) is 0 Å². The van der Waals surface area contributed by atoms with E-state index in [2.05, 4.69) is 15.3 Å². The number of rotatable bonds is 3. The molecule has 4 aromatic rings. The standard InChI is InChI=1S/C21H17N5O3S/c22-30(28,29)14-10-11-18-17(12-14)23-20(27)19(13-6-2-1-3-7-13)26(18)21-24-15-8-4-5-9-16(15)25-21/h1-12,19H,(H,23,27)(H,24,25)(H2,22,28,29). The zero-order valence-corrected chi connectivity index (χ0v) is 16.4. The van der Waals surface area contributed by atoms with Gasteiger partial charge in [-0.3, -0.25) is 9.69 Å². The summed E-state index contributed by atoms with van der Waals surface area (Å²) in [6.07, 6.45) is 0. The molecule has 1 aliphatic heterocycles. The first kappa shape index (κ1) is 18.3. The largest absolute Gasteiger partial charge is 0.324 e. The molecular formula is C21H17N5O3S. The topological polar surface area (TPSA) is 121 Å². The Bertz CT molecular complexity index is 1350. The van der Waals surface area contributed by atoms with Gasteiger partial charge in [-0.05, 0) is 35.9 Å². The van der Waals surface area contributed by atoms with Crippen molar-refractivity contribution in [2.45, 2.75) is 10.9 Å². The van der Waals surface area contributed by atoms with E-state index in [1.54, 1.807) is 11.0 Å². The molecular weight excluding hydrogens is 402 g/mol. The molecule has 0 saturated heterocycles. The van der Waals surface area contributed by atoms with Crippen molar-refractivity contribution in [1.82, 2.24) is 9.97 Å². The number of aromatic nitrogens is 2. The van der Waals surface area contributed by atoms with Crippen molar-refractivity contribution in [3.63, 3.8) is 0 Å². The Morgan fingerprint density at radius 2 is 1.70 bits per heavy atom. The van der Waals surface area contributed by atoms with Gasteiger partial charge in [0.05, 0.1) is 27.3 Å². The van der Waals surface area contributed by atoms with Crippen LogP contribution in [0.2, 0.25) is 0 Å². The summed E-state index contributed by atoms with van der Waals surface area (Å²) in [6, 6.07) is 20.6. The maximum absolute atomic E-state index is 13.1.